The maximum atomic E-state index is 11.3. The molecule has 3 heterocycles. The second-order valence-corrected chi connectivity index (χ2v) is 5.83. The standard InChI is InChI=1S/C13H15N3O3S/c1-8-2-4-16(11(8)13(17)18)6-10-14-12(19-15-10)9-3-5-20-7-9/h3,5,7-8,11H,2,4,6H2,1H3,(H,17,18). The molecule has 2 atom stereocenters. The summed E-state index contributed by atoms with van der Waals surface area (Å²) in [6.45, 7) is 3.13. The van der Waals surface area contributed by atoms with Crippen LogP contribution in [-0.2, 0) is 11.3 Å². The molecule has 2 aromatic rings. The van der Waals surface area contributed by atoms with E-state index in [0.29, 0.717) is 18.3 Å². The van der Waals surface area contributed by atoms with E-state index in [1.165, 1.54) is 0 Å². The summed E-state index contributed by atoms with van der Waals surface area (Å²) in [4.78, 5) is 17.5. The summed E-state index contributed by atoms with van der Waals surface area (Å²) >= 11 is 1.57. The van der Waals surface area contributed by atoms with Crippen LogP contribution < -0.4 is 0 Å². The fourth-order valence-corrected chi connectivity index (χ4v) is 3.24. The van der Waals surface area contributed by atoms with E-state index in [0.717, 1.165) is 18.5 Å². The normalized spacial score (nSPS) is 23.2. The Kier molecular flexibility index (Phi) is 3.54. The Hall–Kier alpha value is -1.73. The summed E-state index contributed by atoms with van der Waals surface area (Å²) in [6.07, 6.45) is 0.881. The van der Waals surface area contributed by atoms with Crippen molar-refractivity contribution in [2.75, 3.05) is 6.54 Å². The summed E-state index contributed by atoms with van der Waals surface area (Å²) < 4.78 is 5.21. The van der Waals surface area contributed by atoms with Crippen LogP contribution >= 0.6 is 11.3 Å². The third-order valence-electron chi connectivity index (χ3n) is 3.64. The summed E-state index contributed by atoms with van der Waals surface area (Å²) in [6, 6.07) is 1.46. The highest BCUT2D eigenvalue weighted by Gasteiger charge is 2.37. The van der Waals surface area contributed by atoms with Crippen LogP contribution in [0.5, 0.6) is 0 Å². The van der Waals surface area contributed by atoms with Gasteiger partial charge in [-0.25, -0.2) is 0 Å². The van der Waals surface area contributed by atoms with Gasteiger partial charge in [-0.2, -0.15) is 16.3 Å². The molecule has 3 rings (SSSR count). The zero-order chi connectivity index (χ0) is 14.1. The molecule has 1 saturated heterocycles. The van der Waals surface area contributed by atoms with Crippen molar-refractivity contribution in [2.24, 2.45) is 5.92 Å². The number of nitrogens with zero attached hydrogens (tertiary/aromatic N) is 3. The van der Waals surface area contributed by atoms with E-state index >= 15 is 0 Å². The van der Waals surface area contributed by atoms with E-state index in [1.807, 2.05) is 28.7 Å². The lowest BCUT2D eigenvalue weighted by atomic mass is 10.0. The number of thiophene rings is 1. The highest BCUT2D eigenvalue weighted by Crippen LogP contribution is 2.26. The van der Waals surface area contributed by atoms with Crippen molar-refractivity contribution in [1.82, 2.24) is 15.0 Å². The average Bonchev–Trinajstić information content (AvgIpc) is 3.10. The van der Waals surface area contributed by atoms with Gasteiger partial charge < -0.3 is 9.63 Å². The van der Waals surface area contributed by atoms with Crippen LogP contribution in [0.25, 0.3) is 11.5 Å². The monoisotopic (exact) mass is 293 g/mol. The summed E-state index contributed by atoms with van der Waals surface area (Å²) in [5, 5.41) is 17.1. The topological polar surface area (TPSA) is 79.5 Å². The molecule has 0 saturated carbocycles. The van der Waals surface area contributed by atoms with Crippen molar-refractivity contribution in [2.45, 2.75) is 25.9 Å². The minimum Gasteiger partial charge on any atom is -0.480 e. The molecule has 0 aliphatic carbocycles. The molecule has 0 bridgehead atoms. The van der Waals surface area contributed by atoms with E-state index in [4.69, 9.17) is 4.52 Å². The fraction of sp³-hybridized carbons (Fsp3) is 0.462. The maximum Gasteiger partial charge on any atom is 0.321 e. The number of aromatic nitrogens is 2. The first-order valence-electron chi connectivity index (χ1n) is 6.47. The molecule has 0 radical (unpaired) electrons. The molecule has 2 unspecified atom stereocenters. The number of aliphatic carboxylic acids is 1. The van der Waals surface area contributed by atoms with Gasteiger partial charge >= 0.3 is 5.97 Å². The molecule has 1 fully saturated rings. The summed E-state index contributed by atoms with van der Waals surface area (Å²) in [5.41, 5.74) is 0.901. The van der Waals surface area contributed by atoms with Gasteiger partial charge in [0.15, 0.2) is 5.82 Å². The predicted molar refractivity (Wildman–Crippen MR) is 73.2 cm³/mol. The molecule has 1 aliphatic rings. The largest absolute Gasteiger partial charge is 0.480 e. The molecule has 1 aliphatic heterocycles. The number of carboxylic acids is 1. The Morgan fingerprint density at radius 1 is 1.65 bits per heavy atom. The Bertz CT molecular complexity index is 596. The van der Waals surface area contributed by atoms with Gasteiger partial charge in [-0.15, -0.1) is 0 Å². The summed E-state index contributed by atoms with van der Waals surface area (Å²) in [7, 11) is 0. The maximum absolute atomic E-state index is 11.3. The fourth-order valence-electron chi connectivity index (χ4n) is 2.61. The minimum absolute atomic E-state index is 0.149. The van der Waals surface area contributed by atoms with Crippen molar-refractivity contribution in [3.63, 3.8) is 0 Å². The highest BCUT2D eigenvalue weighted by molar-refractivity contribution is 7.08. The predicted octanol–water partition coefficient (Wildman–Crippen LogP) is 2.09. The van der Waals surface area contributed by atoms with Crippen molar-refractivity contribution < 1.29 is 14.4 Å². The molecule has 7 heteroatoms. The van der Waals surface area contributed by atoms with Crippen LogP contribution in [0.15, 0.2) is 21.3 Å². The van der Waals surface area contributed by atoms with Gasteiger partial charge in [0, 0.05) is 5.38 Å². The van der Waals surface area contributed by atoms with Crippen LogP contribution in [0.2, 0.25) is 0 Å². The Balaban J connectivity index is 1.74. The molecule has 0 amide bonds. The van der Waals surface area contributed by atoms with Gasteiger partial charge in [-0.1, -0.05) is 12.1 Å². The Labute approximate surface area is 120 Å². The van der Waals surface area contributed by atoms with Crippen molar-refractivity contribution in [3.05, 3.63) is 22.7 Å². The van der Waals surface area contributed by atoms with Gasteiger partial charge in [-0.05, 0) is 30.3 Å². The van der Waals surface area contributed by atoms with E-state index in [2.05, 4.69) is 10.1 Å². The second-order valence-electron chi connectivity index (χ2n) is 5.05. The van der Waals surface area contributed by atoms with Gasteiger partial charge in [0.05, 0.1) is 12.1 Å². The molecule has 0 aromatic carbocycles. The molecule has 106 valence electrons. The highest BCUT2D eigenvalue weighted by atomic mass is 32.1. The first kappa shape index (κ1) is 13.3. The van der Waals surface area contributed by atoms with Crippen LogP contribution in [-0.4, -0.2) is 38.7 Å². The lowest BCUT2D eigenvalue weighted by Crippen LogP contribution is -2.38. The Morgan fingerprint density at radius 2 is 2.50 bits per heavy atom. The van der Waals surface area contributed by atoms with Crippen LogP contribution in [0, 0.1) is 5.92 Å². The molecule has 2 aromatic heterocycles. The first-order chi connectivity index (χ1) is 9.65. The Morgan fingerprint density at radius 3 is 3.20 bits per heavy atom. The second kappa shape index (κ2) is 5.34. The van der Waals surface area contributed by atoms with Crippen LogP contribution in [0.3, 0.4) is 0 Å². The lowest BCUT2D eigenvalue weighted by molar-refractivity contribution is -0.143. The molecule has 1 N–H and O–H groups in total. The zero-order valence-corrected chi connectivity index (χ0v) is 11.8. The molecule has 6 nitrogen and oxygen atoms in total. The number of likely N-dealkylation sites (tertiary alicyclic amines) is 1. The third kappa shape index (κ3) is 2.46. The van der Waals surface area contributed by atoms with E-state index in [-0.39, 0.29) is 5.92 Å². The average molecular weight is 293 g/mol. The first-order valence-corrected chi connectivity index (χ1v) is 7.41. The number of hydrogen-bond donors (Lipinski definition) is 1. The van der Waals surface area contributed by atoms with E-state index < -0.39 is 12.0 Å². The lowest BCUT2D eigenvalue weighted by Gasteiger charge is -2.21. The van der Waals surface area contributed by atoms with Gasteiger partial charge in [0.2, 0.25) is 0 Å². The van der Waals surface area contributed by atoms with Crippen molar-refractivity contribution in [3.8, 4) is 11.5 Å². The molecule has 20 heavy (non-hydrogen) atoms. The van der Waals surface area contributed by atoms with Crippen LogP contribution in [0.4, 0.5) is 0 Å². The third-order valence-corrected chi connectivity index (χ3v) is 4.32. The van der Waals surface area contributed by atoms with Crippen molar-refractivity contribution >= 4 is 17.3 Å². The van der Waals surface area contributed by atoms with E-state index in [1.54, 1.807) is 11.3 Å². The van der Waals surface area contributed by atoms with E-state index in [9.17, 15) is 9.90 Å². The van der Waals surface area contributed by atoms with Gasteiger partial charge in [0.1, 0.15) is 6.04 Å². The smallest absolute Gasteiger partial charge is 0.321 e. The molecular weight excluding hydrogens is 278 g/mol. The van der Waals surface area contributed by atoms with Gasteiger partial charge in [-0.3, -0.25) is 9.69 Å². The minimum atomic E-state index is -0.781. The summed E-state index contributed by atoms with van der Waals surface area (Å²) in [5.74, 6) is 0.388. The number of carboxylic acid groups (broad SMARTS) is 1. The number of hydrogen-bond acceptors (Lipinski definition) is 6. The van der Waals surface area contributed by atoms with Crippen molar-refractivity contribution in [1.29, 1.82) is 0 Å². The number of rotatable bonds is 4. The number of carbonyl (C=O) groups is 1. The molecule has 0 spiro atoms. The SMILES string of the molecule is CC1CCN(Cc2noc(-c3ccsc3)n2)C1C(=O)O. The zero-order valence-electron chi connectivity index (χ0n) is 11.0. The van der Waals surface area contributed by atoms with Gasteiger partial charge in [0.25, 0.3) is 5.89 Å². The molecular formula is C13H15N3O3S. The van der Waals surface area contributed by atoms with Crippen LogP contribution in [0.1, 0.15) is 19.2 Å². The quantitative estimate of drug-likeness (QED) is 0.930.